The lowest BCUT2D eigenvalue weighted by Crippen LogP contribution is -2.48. The molecule has 30 heavy (non-hydrogen) atoms. The molecule has 0 atom stereocenters. The number of thiazole rings is 1. The second-order valence-electron chi connectivity index (χ2n) is 7.62. The van der Waals surface area contributed by atoms with E-state index in [-0.39, 0.29) is 11.7 Å². The van der Waals surface area contributed by atoms with Crippen molar-refractivity contribution in [1.29, 1.82) is 0 Å². The molecule has 0 aliphatic carbocycles. The Bertz CT molecular complexity index is 1030. The number of nitrogens with zero attached hydrogens (tertiary/aromatic N) is 3. The molecule has 0 bridgehead atoms. The summed E-state index contributed by atoms with van der Waals surface area (Å²) in [6.45, 7) is 7.72. The zero-order chi connectivity index (χ0) is 21.1. The molecule has 1 aliphatic rings. The maximum atomic E-state index is 13.1. The number of carbonyl (C=O) groups is 1. The summed E-state index contributed by atoms with van der Waals surface area (Å²) in [6.07, 6.45) is 0. The minimum absolute atomic E-state index is 0.0498. The fourth-order valence-electron chi connectivity index (χ4n) is 3.54. The fourth-order valence-corrected chi connectivity index (χ4v) is 4.28. The highest BCUT2D eigenvalue weighted by Crippen LogP contribution is 2.26. The highest BCUT2D eigenvalue weighted by Gasteiger charge is 2.20. The van der Waals surface area contributed by atoms with Crippen LogP contribution in [0.3, 0.4) is 0 Å². The third-order valence-corrected chi connectivity index (χ3v) is 6.24. The zero-order valence-electron chi connectivity index (χ0n) is 17.2. The van der Waals surface area contributed by atoms with Crippen LogP contribution < -0.4 is 10.2 Å². The average molecular weight is 425 g/mol. The molecule has 2 heterocycles. The van der Waals surface area contributed by atoms with Crippen molar-refractivity contribution in [3.63, 3.8) is 0 Å². The molecule has 0 unspecified atom stereocenters. The smallest absolute Gasteiger partial charge is 0.240 e. The summed E-state index contributed by atoms with van der Waals surface area (Å²) in [5.74, 6) is -0.275. The standard InChI is InChI=1S/C23H25FN4OS/c1-16-3-4-18(13-17(16)2)21-15-30-23(25-21)26-22(29)14-27-9-11-28(12-10-27)20-7-5-19(24)6-8-20/h3-8,13,15H,9-12,14H2,1-2H3,(H,25,26,29). The SMILES string of the molecule is Cc1ccc(-c2csc(NC(=O)CN3CCN(c4ccc(F)cc4)CC3)n2)cc1C. The van der Waals surface area contributed by atoms with Gasteiger partial charge in [-0.3, -0.25) is 9.69 Å². The number of rotatable bonds is 5. The minimum Gasteiger partial charge on any atom is -0.369 e. The molecule has 4 rings (SSSR count). The van der Waals surface area contributed by atoms with Gasteiger partial charge in [-0.1, -0.05) is 12.1 Å². The molecule has 0 spiro atoms. The summed E-state index contributed by atoms with van der Waals surface area (Å²) < 4.78 is 13.1. The van der Waals surface area contributed by atoms with E-state index < -0.39 is 0 Å². The van der Waals surface area contributed by atoms with Gasteiger partial charge >= 0.3 is 0 Å². The maximum Gasteiger partial charge on any atom is 0.240 e. The Hall–Kier alpha value is -2.77. The second kappa shape index (κ2) is 8.93. The van der Waals surface area contributed by atoms with Crippen LogP contribution in [0.5, 0.6) is 0 Å². The maximum absolute atomic E-state index is 13.1. The van der Waals surface area contributed by atoms with E-state index in [0.717, 1.165) is 43.1 Å². The lowest BCUT2D eigenvalue weighted by Gasteiger charge is -2.35. The van der Waals surface area contributed by atoms with E-state index in [1.54, 1.807) is 12.1 Å². The summed E-state index contributed by atoms with van der Waals surface area (Å²) in [7, 11) is 0. The van der Waals surface area contributed by atoms with Crippen molar-refractivity contribution < 1.29 is 9.18 Å². The van der Waals surface area contributed by atoms with Crippen LogP contribution in [-0.2, 0) is 4.79 Å². The first kappa shape index (κ1) is 20.5. The van der Waals surface area contributed by atoms with Gasteiger partial charge in [0.1, 0.15) is 5.82 Å². The summed E-state index contributed by atoms with van der Waals surface area (Å²) >= 11 is 1.44. The van der Waals surface area contributed by atoms with Crippen LogP contribution in [0.15, 0.2) is 47.8 Å². The Balaban J connectivity index is 1.29. The molecule has 5 nitrogen and oxygen atoms in total. The van der Waals surface area contributed by atoms with Gasteiger partial charge in [0, 0.05) is 42.8 Å². The van der Waals surface area contributed by atoms with Crippen molar-refractivity contribution in [2.24, 2.45) is 0 Å². The molecule has 1 N–H and O–H groups in total. The number of carbonyl (C=O) groups excluding carboxylic acids is 1. The molecule has 1 amide bonds. The molecule has 0 radical (unpaired) electrons. The van der Waals surface area contributed by atoms with Gasteiger partial charge < -0.3 is 10.2 Å². The Morgan fingerprint density at radius 3 is 2.50 bits per heavy atom. The van der Waals surface area contributed by atoms with Crippen molar-refractivity contribution in [2.45, 2.75) is 13.8 Å². The van der Waals surface area contributed by atoms with Crippen molar-refractivity contribution in [1.82, 2.24) is 9.88 Å². The van der Waals surface area contributed by atoms with Crippen LogP contribution in [0.25, 0.3) is 11.3 Å². The fraction of sp³-hybridized carbons (Fsp3) is 0.304. The van der Waals surface area contributed by atoms with Gasteiger partial charge in [-0.15, -0.1) is 11.3 Å². The van der Waals surface area contributed by atoms with Gasteiger partial charge in [0.2, 0.25) is 5.91 Å². The molecule has 1 fully saturated rings. The van der Waals surface area contributed by atoms with Crippen molar-refractivity contribution in [2.75, 3.05) is 42.9 Å². The molecular formula is C23H25FN4OS. The third kappa shape index (κ3) is 4.86. The summed E-state index contributed by atoms with van der Waals surface area (Å²) in [6, 6.07) is 12.8. The van der Waals surface area contributed by atoms with Crippen LogP contribution >= 0.6 is 11.3 Å². The molecule has 156 valence electrons. The molecule has 1 aliphatic heterocycles. The largest absolute Gasteiger partial charge is 0.369 e. The Morgan fingerprint density at radius 2 is 1.80 bits per heavy atom. The lowest BCUT2D eigenvalue weighted by atomic mass is 10.1. The predicted octanol–water partition coefficient (Wildman–Crippen LogP) is 4.33. The monoisotopic (exact) mass is 424 g/mol. The highest BCUT2D eigenvalue weighted by molar-refractivity contribution is 7.14. The molecule has 7 heteroatoms. The number of aromatic nitrogens is 1. The summed E-state index contributed by atoms with van der Waals surface area (Å²) in [5, 5.41) is 5.52. The molecular weight excluding hydrogens is 399 g/mol. The number of piperazine rings is 1. The van der Waals surface area contributed by atoms with Gasteiger partial charge in [0.25, 0.3) is 0 Å². The summed E-state index contributed by atoms with van der Waals surface area (Å²) in [5.41, 5.74) is 5.44. The number of hydrogen-bond donors (Lipinski definition) is 1. The van der Waals surface area contributed by atoms with Gasteiger partial charge in [0.05, 0.1) is 12.2 Å². The van der Waals surface area contributed by atoms with Crippen LogP contribution in [0.1, 0.15) is 11.1 Å². The zero-order valence-corrected chi connectivity index (χ0v) is 18.0. The van der Waals surface area contributed by atoms with Crippen molar-refractivity contribution in [3.8, 4) is 11.3 Å². The lowest BCUT2D eigenvalue weighted by molar-refractivity contribution is -0.117. The van der Waals surface area contributed by atoms with Gasteiger partial charge in [0.15, 0.2) is 5.13 Å². The number of hydrogen-bond acceptors (Lipinski definition) is 5. The molecule has 0 saturated carbocycles. The van der Waals surface area contributed by atoms with Crippen molar-refractivity contribution in [3.05, 3.63) is 64.8 Å². The number of halogens is 1. The topological polar surface area (TPSA) is 48.5 Å². The van der Waals surface area contributed by atoms with Gasteiger partial charge in [-0.05, 0) is 55.3 Å². The van der Waals surface area contributed by atoms with Gasteiger partial charge in [-0.25, -0.2) is 9.37 Å². The number of benzene rings is 2. The highest BCUT2D eigenvalue weighted by atomic mass is 32.1. The first-order valence-electron chi connectivity index (χ1n) is 10.0. The quantitative estimate of drug-likeness (QED) is 0.663. The predicted molar refractivity (Wildman–Crippen MR) is 121 cm³/mol. The number of anilines is 2. The Kier molecular flexibility index (Phi) is 6.11. The van der Waals surface area contributed by atoms with Gasteiger partial charge in [-0.2, -0.15) is 0 Å². The van der Waals surface area contributed by atoms with Crippen LogP contribution in [-0.4, -0.2) is 48.5 Å². The first-order valence-corrected chi connectivity index (χ1v) is 10.9. The second-order valence-corrected chi connectivity index (χ2v) is 8.48. The van der Waals surface area contributed by atoms with E-state index in [9.17, 15) is 9.18 Å². The summed E-state index contributed by atoms with van der Waals surface area (Å²) in [4.78, 5) is 21.4. The molecule has 1 aromatic heterocycles. The molecule has 3 aromatic rings. The van der Waals surface area contributed by atoms with E-state index in [0.29, 0.717) is 11.7 Å². The third-order valence-electron chi connectivity index (χ3n) is 5.48. The van der Waals surface area contributed by atoms with Crippen LogP contribution in [0.4, 0.5) is 15.2 Å². The molecule has 1 saturated heterocycles. The van der Waals surface area contributed by atoms with E-state index in [1.807, 2.05) is 5.38 Å². The number of nitrogens with one attached hydrogen (secondary N) is 1. The average Bonchev–Trinajstić information content (AvgIpc) is 3.19. The Morgan fingerprint density at radius 1 is 1.07 bits per heavy atom. The van der Waals surface area contributed by atoms with E-state index in [1.165, 1.54) is 34.6 Å². The molecule has 2 aromatic carbocycles. The van der Waals surface area contributed by atoms with Crippen molar-refractivity contribution >= 4 is 28.1 Å². The van der Waals surface area contributed by atoms with E-state index >= 15 is 0 Å². The van der Waals surface area contributed by atoms with Crippen LogP contribution in [0.2, 0.25) is 0 Å². The van der Waals surface area contributed by atoms with E-state index in [2.05, 4.69) is 52.1 Å². The first-order chi connectivity index (χ1) is 14.5. The Labute approximate surface area is 180 Å². The minimum atomic E-state index is -0.225. The number of amides is 1. The normalized spacial score (nSPS) is 14.7. The van der Waals surface area contributed by atoms with Crippen LogP contribution in [0, 0.1) is 19.7 Å². The number of aryl methyl sites for hydroxylation is 2. The van der Waals surface area contributed by atoms with E-state index in [4.69, 9.17) is 0 Å².